The van der Waals surface area contributed by atoms with Crippen molar-refractivity contribution in [2.75, 3.05) is 31.1 Å². The van der Waals surface area contributed by atoms with Gasteiger partial charge in [-0.05, 0) is 30.7 Å². The first-order valence-corrected chi connectivity index (χ1v) is 8.05. The quantitative estimate of drug-likeness (QED) is 0.874. The van der Waals surface area contributed by atoms with Gasteiger partial charge < -0.3 is 14.2 Å². The summed E-state index contributed by atoms with van der Waals surface area (Å²) in [4.78, 5) is 16.5. The van der Waals surface area contributed by atoms with Crippen molar-refractivity contribution in [2.24, 2.45) is 5.92 Å². The van der Waals surface area contributed by atoms with Crippen LogP contribution in [-0.2, 0) is 4.79 Å². The number of hydrogen-bond acceptors (Lipinski definition) is 3. The zero-order valence-electron chi connectivity index (χ0n) is 12.8. The van der Waals surface area contributed by atoms with Crippen molar-refractivity contribution >= 4 is 11.6 Å². The fourth-order valence-electron chi connectivity index (χ4n) is 3.40. The Kier molecular flexibility index (Phi) is 3.56. The maximum atomic E-state index is 13.8. The number of para-hydroxylation sites is 1. The van der Waals surface area contributed by atoms with E-state index in [9.17, 15) is 9.18 Å². The van der Waals surface area contributed by atoms with Gasteiger partial charge in [-0.1, -0.05) is 12.1 Å². The van der Waals surface area contributed by atoms with E-state index in [-0.39, 0.29) is 23.6 Å². The summed E-state index contributed by atoms with van der Waals surface area (Å²) in [5.41, 5.74) is 0.625. The Hall–Kier alpha value is -2.30. The third-order valence-corrected chi connectivity index (χ3v) is 4.80. The largest absolute Gasteiger partial charge is 0.469 e. The Labute approximate surface area is 134 Å². The number of halogens is 1. The number of amides is 1. The number of carbonyl (C=O) groups is 1. The highest BCUT2D eigenvalue weighted by Gasteiger charge is 2.47. The van der Waals surface area contributed by atoms with Crippen LogP contribution < -0.4 is 4.90 Å². The molecule has 1 aromatic heterocycles. The second-order valence-corrected chi connectivity index (χ2v) is 6.23. The SMILES string of the molecule is O=C([C@@H]1C[C@@H]1c1ccco1)N1CCN(c2ccccc2F)CC1. The van der Waals surface area contributed by atoms with Crippen LogP contribution in [0.4, 0.5) is 10.1 Å². The second kappa shape index (κ2) is 5.72. The van der Waals surface area contributed by atoms with Gasteiger partial charge in [-0.2, -0.15) is 0 Å². The molecule has 1 amide bonds. The average molecular weight is 314 g/mol. The summed E-state index contributed by atoms with van der Waals surface area (Å²) in [6, 6.07) is 10.6. The fourth-order valence-corrected chi connectivity index (χ4v) is 3.40. The van der Waals surface area contributed by atoms with Crippen LogP contribution in [-0.4, -0.2) is 37.0 Å². The van der Waals surface area contributed by atoms with E-state index in [0.29, 0.717) is 31.9 Å². The summed E-state index contributed by atoms with van der Waals surface area (Å²) < 4.78 is 19.2. The van der Waals surface area contributed by atoms with Crippen molar-refractivity contribution in [3.8, 4) is 0 Å². The Balaban J connectivity index is 1.35. The van der Waals surface area contributed by atoms with Crippen LogP contribution in [0.2, 0.25) is 0 Å². The molecule has 2 fully saturated rings. The maximum Gasteiger partial charge on any atom is 0.226 e. The van der Waals surface area contributed by atoms with Crippen molar-refractivity contribution < 1.29 is 13.6 Å². The van der Waals surface area contributed by atoms with Crippen LogP contribution in [0, 0.1) is 11.7 Å². The van der Waals surface area contributed by atoms with Gasteiger partial charge in [0.2, 0.25) is 5.91 Å². The molecule has 120 valence electrons. The summed E-state index contributed by atoms with van der Waals surface area (Å²) in [6.07, 6.45) is 2.53. The average Bonchev–Trinajstić information content (AvgIpc) is 3.20. The molecular formula is C18H19FN2O2. The summed E-state index contributed by atoms with van der Waals surface area (Å²) in [5, 5.41) is 0. The van der Waals surface area contributed by atoms with Gasteiger partial charge in [0.25, 0.3) is 0 Å². The van der Waals surface area contributed by atoms with Gasteiger partial charge in [0.1, 0.15) is 11.6 Å². The van der Waals surface area contributed by atoms with Gasteiger partial charge in [0, 0.05) is 38.0 Å². The van der Waals surface area contributed by atoms with Gasteiger partial charge in [-0.3, -0.25) is 4.79 Å². The smallest absolute Gasteiger partial charge is 0.226 e. The molecule has 1 saturated carbocycles. The third kappa shape index (κ3) is 2.71. The van der Waals surface area contributed by atoms with Gasteiger partial charge in [0.15, 0.2) is 0 Å². The maximum absolute atomic E-state index is 13.8. The van der Waals surface area contributed by atoms with Crippen molar-refractivity contribution in [3.63, 3.8) is 0 Å². The van der Waals surface area contributed by atoms with Crippen molar-refractivity contribution in [3.05, 3.63) is 54.2 Å². The standard InChI is InChI=1S/C18H19FN2O2/c19-15-4-1-2-5-16(15)20-7-9-21(10-8-20)18(22)14-12-13(14)17-6-3-11-23-17/h1-6,11,13-14H,7-10,12H2/t13-,14+/m0/s1. The molecule has 2 aromatic rings. The van der Waals surface area contributed by atoms with Crippen molar-refractivity contribution in [2.45, 2.75) is 12.3 Å². The molecule has 2 aliphatic rings. The molecular weight excluding hydrogens is 295 g/mol. The van der Waals surface area contributed by atoms with Crippen LogP contribution in [0.15, 0.2) is 47.1 Å². The van der Waals surface area contributed by atoms with E-state index in [1.807, 2.05) is 28.0 Å². The lowest BCUT2D eigenvalue weighted by molar-refractivity contribution is -0.133. The molecule has 2 heterocycles. The van der Waals surface area contributed by atoms with E-state index < -0.39 is 0 Å². The first-order valence-electron chi connectivity index (χ1n) is 8.05. The zero-order chi connectivity index (χ0) is 15.8. The highest BCUT2D eigenvalue weighted by Crippen LogP contribution is 2.48. The molecule has 1 saturated heterocycles. The number of anilines is 1. The lowest BCUT2D eigenvalue weighted by Crippen LogP contribution is -2.49. The Morgan fingerprint density at radius 3 is 2.57 bits per heavy atom. The predicted octanol–water partition coefficient (Wildman–Crippen LogP) is 2.87. The van der Waals surface area contributed by atoms with E-state index in [4.69, 9.17) is 4.42 Å². The molecule has 4 rings (SSSR count). The van der Waals surface area contributed by atoms with E-state index >= 15 is 0 Å². The van der Waals surface area contributed by atoms with E-state index in [1.54, 1.807) is 18.4 Å². The molecule has 0 radical (unpaired) electrons. The van der Waals surface area contributed by atoms with Gasteiger partial charge >= 0.3 is 0 Å². The molecule has 4 nitrogen and oxygen atoms in total. The van der Waals surface area contributed by atoms with E-state index in [0.717, 1.165) is 12.2 Å². The number of piperazine rings is 1. The molecule has 23 heavy (non-hydrogen) atoms. The molecule has 0 spiro atoms. The van der Waals surface area contributed by atoms with Gasteiger partial charge in [-0.25, -0.2) is 4.39 Å². The third-order valence-electron chi connectivity index (χ3n) is 4.80. The molecule has 0 bridgehead atoms. The van der Waals surface area contributed by atoms with Crippen molar-refractivity contribution in [1.29, 1.82) is 0 Å². The Morgan fingerprint density at radius 1 is 1.09 bits per heavy atom. The number of hydrogen-bond donors (Lipinski definition) is 0. The number of carbonyl (C=O) groups excluding carboxylic acids is 1. The predicted molar refractivity (Wildman–Crippen MR) is 84.7 cm³/mol. The molecule has 0 unspecified atom stereocenters. The highest BCUT2D eigenvalue weighted by molar-refractivity contribution is 5.83. The Bertz CT molecular complexity index is 693. The summed E-state index contributed by atoms with van der Waals surface area (Å²) in [5.74, 6) is 1.21. The summed E-state index contributed by atoms with van der Waals surface area (Å²) in [6.45, 7) is 2.64. The molecule has 2 atom stereocenters. The van der Waals surface area contributed by atoms with Gasteiger partial charge in [-0.15, -0.1) is 0 Å². The molecule has 0 N–H and O–H groups in total. The lowest BCUT2D eigenvalue weighted by Gasteiger charge is -2.36. The number of furan rings is 1. The zero-order valence-corrected chi connectivity index (χ0v) is 12.8. The topological polar surface area (TPSA) is 36.7 Å². The van der Waals surface area contributed by atoms with Crippen LogP contribution in [0.1, 0.15) is 18.1 Å². The molecule has 1 aliphatic carbocycles. The minimum absolute atomic E-state index is 0.0566. The summed E-state index contributed by atoms with van der Waals surface area (Å²) >= 11 is 0. The number of benzene rings is 1. The van der Waals surface area contributed by atoms with Crippen LogP contribution >= 0.6 is 0 Å². The van der Waals surface area contributed by atoms with E-state index in [2.05, 4.69) is 0 Å². The van der Waals surface area contributed by atoms with Crippen molar-refractivity contribution in [1.82, 2.24) is 4.90 Å². The van der Waals surface area contributed by atoms with Gasteiger partial charge in [0.05, 0.1) is 12.0 Å². The first-order chi connectivity index (χ1) is 11.2. The molecule has 1 aliphatic heterocycles. The fraction of sp³-hybridized carbons (Fsp3) is 0.389. The number of rotatable bonds is 3. The first kappa shape index (κ1) is 14.3. The second-order valence-electron chi connectivity index (χ2n) is 6.23. The van der Waals surface area contributed by atoms with Crippen LogP contribution in [0.3, 0.4) is 0 Å². The molecule has 1 aromatic carbocycles. The minimum atomic E-state index is -0.202. The lowest BCUT2D eigenvalue weighted by atomic mass is 10.2. The van der Waals surface area contributed by atoms with Crippen LogP contribution in [0.25, 0.3) is 0 Å². The monoisotopic (exact) mass is 314 g/mol. The molecule has 5 heteroatoms. The highest BCUT2D eigenvalue weighted by atomic mass is 19.1. The Morgan fingerprint density at radius 2 is 1.87 bits per heavy atom. The normalized spacial score (nSPS) is 23.9. The van der Waals surface area contributed by atoms with E-state index in [1.165, 1.54) is 6.07 Å². The van der Waals surface area contributed by atoms with Crippen LogP contribution in [0.5, 0.6) is 0 Å². The summed E-state index contributed by atoms with van der Waals surface area (Å²) in [7, 11) is 0. The minimum Gasteiger partial charge on any atom is -0.469 e. The number of nitrogens with zero attached hydrogens (tertiary/aromatic N) is 2.